The van der Waals surface area contributed by atoms with E-state index in [4.69, 9.17) is 14.6 Å². The molecule has 0 aliphatic carbocycles. The zero-order valence-electron chi connectivity index (χ0n) is 20.6. The number of phenolic OH excluding ortho intramolecular Hbond substituents is 1. The van der Waals surface area contributed by atoms with Crippen molar-refractivity contribution in [1.29, 1.82) is 0 Å². The highest BCUT2D eigenvalue weighted by Gasteiger charge is 2.22. The summed E-state index contributed by atoms with van der Waals surface area (Å²) in [7, 11) is 2.49. The molecule has 0 unspecified atom stereocenters. The first kappa shape index (κ1) is 27.9. The van der Waals surface area contributed by atoms with Crippen LogP contribution in [0.1, 0.15) is 31.2 Å². The number of carboxylic acid groups (broad SMARTS) is 1. The second-order valence-corrected chi connectivity index (χ2v) is 7.63. The van der Waals surface area contributed by atoms with E-state index in [2.05, 4.69) is 26.3 Å². The van der Waals surface area contributed by atoms with Gasteiger partial charge < -0.3 is 41.0 Å². The number of rotatable bonds is 11. The van der Waals surface area contributed by atoms with Gasteiger partial charge in [-0.15, -0.1) is 0 Å². The number of hydrogen-bond acceptors (Lipinski definition) is 9. The van der Waals surface area contributed by atoms with E-state index < -0.39 is 29.4 Å². The molecule has 1 aromatic heterocycles. The number of pyridine rings is 1. The van der Waals surface area contributed by atoms with E-state index in [1.165, 1.54) is 62.8 Å². The molecule has 0 aliphatic heterocycles. The highest BCUT2D eigenvalue weighted by atomic mass is 16.5. The monoisotopic (exact) mass is 537 g/mol. The van der Waals surface area contributed by atoms with Crippen LogP contribution in [0, 0.1) is 0 Å². The molecule has 0 fully saturated rings. The SMILES string of the molecule is COc1nc(C(=O)O)ccc1NC(=O)c1ccc(NC(=O)c2ccc(NC(=O)CNC=O)cc2)c(OC)c1O. The number of nitrogens with one attached hydrogen (secondary N) is 4. The molecule has 0 aliphatic rings. The van der Waals surface area contributed by atoms with Crippen LogP contribution in [0.4, 0.5) is 17.1 Å². The number of benzene rings is 2. The maximum Gasteiger partial charge on any atom is 0.354 e. The molecule has 14 heteroatoms. The molecular formula is C25H23N5O9. The predicted molar refractivity (Wildman–Crippen MR) is 137 cm³/mol. The smallest absolute Gasteiger partial charge is 0.354 e. The standard InChI is InChI=1S/C25H23N5O9/c1-38-21-16(28-22(34)13-3-5-14(6-4-13)27-19(32)11-26-12-31)8-7-15(20(21)33)23(35)29-17-9-10-18(25(36)37)30-24(17)39-2/h3-10,12,33H,11H2,1-2H3,(H,26,31)(H,27,32)(H,28,34)(H,29,35)(H,36,37). The average Bonchev–Trinajstić information content (AvgIpc) is 2.92. The molecule has 14 nitrogen and oxygen atoms in total. The minimum Gasteiger partial charge on any atom is -0.504 e. The molecule has 0 radical (unpaired) electrons. The Morgan fingerprint density at radius 2 is 1.54 bits per heavy atom. The van der Waals surface area contributed by atoms with Crippen molar-refractivity contribution in [3.05, 3.63) is 65.4 Å². The predicted octanol–water partition coefficient (Wildman–Crippen LogP) is 1.69. The summed E-state index contributed by atoms with van der Waals surface area (Å²) in [5, 5.41) is 29.6. The highest BCUT2D eigenvalue weighted by molar-refractivity contribution is 6.10. The third kappa shape index (κ3) is 6.76. The topological polar surface area (TPSA) is 205 Å². The number of phenols is 1. The summed E-state index contributed by atoms with van der Waals surface area (Å²) >= 11 is 0. The quantitative estimate of drug-likeness (QED) is 0.195. The lowest BCUT2D eigenvalue weighted by Crippen LogP contribution is -2.26. The number of aromatic carboxylic acids is 1. The number of nitrogens with zero attached hydrogens (tertiary/aromatic N) is 1. The molecule has 6 N–H and O–H groups in total. The molecule has 3 aromatic rings. The number of carbonyl (C=O) groups excluding carboxylic acids is 4. The number of aromatic nitrogens is 1. The van der Waals surface area contributed by atoms with E-state index in [1.54, 1.807) is 0 Å². The lowest BCUT2D eigenvalue weighted by Gasteiger charge is -2.15. The number of methoxy groups -OCH3 is 2. The van der Waals surface area contributed by atoms with Crippen LogP contribution in [0.25, 0.3) is 0 Å². The summed E-state index contributed by atoms with van der Waals surface area (Å²) in [6, 6.07) is 10.9. The van der Waals surface area contributed by atoms with Gasteiger partial charge >= 0.3 is 5.97 Å². The van der Waals surface area contributed by atoms with E-state index in [9.17, 15) is 29.1 Å². The number of amides is 4. The van der Waals surface area contributed by atoms with Gasteiger partial charge in [0.25, 0.3) is 11.8 Å². The Kier molecular flexibility index (Phi) is 8.97. The van der Waals surface area contributed by atoms with E-state index >= 15 is 0 Å². The Labute approximate surface area is 221 Å². The summed E-state index contributed by atoms with van der Waals surface area (Å²) in [4.78, 5) is 62.4. The molecule has 4 amide bonds. The molecular weight excluding hydrogens is 514 g/mol. The Balaban J connectivity index is 1.75. The second-order valence-electron chi connectivity index (χ2n) is 7.63. The van der Waals surface area contributed by atoms with E-state index in [1.807, 2.05) is 0 Å². The first-order valence-electron chi connectivity index (χ1n) is 11.1. The van der Waals surface area contributed by atoms with Crippen molar-refractivity contribution in [3.63, 3.8) is 0 Å². The molecule has 1 heterocycles. The minimum atomic E-state index is -1.28. The zero-order chi connectivity index (χ0) is 28.5. The zero-order valence-corrected chi connectivity index (χ0v) is 20.6. The normalized spacial score (nSPS) is 10.1. The number of carbonyl (C=O) groups is 5. The number of aromatic hydroxyl groups is 1. The van der Waals surface area contributed by atoms with Crippen LogP contribution in [-0.4, -0.2) is 66.1 Å². The van der Waals surface area contributed by atoms with Gasteiger partial charge in [0.05, 0.1) is 32.0 Å². The molecule has 0 spiro atoms. The third-order valence-electron chi connectivity index (χ3n) is 5.13. The fourth-order valence-electron chi connectivity index (χ4n) is 3.30. The van der Waals surface area contributed by atoms with Gasteiger partial charge in [-0.2, -0.15) is 0 Å². The fraction of sp³-hybridized carbons (Fsp3) is 0.120. The van der Waals surface area contributed by atoms with Crippen molar-refractivity contribution >= 4 is 47.2 Å². The van der Waals surface area contributed by atoms with Crippen LogP contribution in [0.3, 0.4) is 0 Å². The Bertz CT molecular complexity index is 1420. The molecule has 0 bridgehead atoms. The van der Waals surface area contributed by atoms with Crippen molar-refractivity contribution in [3.8, 4) is 17.4 Å². The van der Waals surface area contributed by atoms with Gasteiger partial charge in [0, 0.05) is 11.3 Å². The highest BCUT2D eigenvalue weighted by Crippen LogP contribution is 2.38. The summed E-state index contributed by atoms with van der Waals surface area (Å²) in [5.74, 6) is -3.99. The van der Waals surface area contributed by atoms with Gasteiger partial charge in [0.2, 0.25) is 18.2 Å². The van der Waals surface area contributed by atoms with Gasteiger partial charge in [0.15, 0.2) is 17.2 Å². The Morgan fingerprint density at radius 3 is 2.15 bits per heavy atom. The van der Waals surface area contributed by atoms with Crippen LogP contribution in [-0.2, 0) is 9.59 Å². The number of ether oxygens (including phenoxy) is 2. The lowest BCUT2D eigenvalue weighted by atomic mass is 10.1. The first-order valence-corrected chi connectivity index (χ1v) is 11.1. The molecule has 0 saturated heterocycles. The lowest BCUT2D eigenvalue weighted by molar-refractivity contribution is -0.118. The second kappa shape index (κ2) is 12.5. The van der Waals surface area contributed by atoms with Gasteiger partial charge in [-0.25, -0.2) is 9.78 Å². The fourth-order valence-corrected chi connectivity index (χ4v) is 3.30. The van der Waals surface area contributed by atoms with Crippen molar-refractivity contribution < 1.29 is 43.7 Å². The summed E-state index contributed by atoms with van der Waals surface area (Å²) in [5.41, 5.74) is 0.243. The number of anilines is 3. The minimum absolute atomic E-state index is 0.0582. The third-order valence-corrected chi connectivity index (χ3v) is 5.13. The van der Waals surface area contributed by atoms with Crippen LogP contribution < -0.4 is 30.7 Å². The van der Waals surface area contributed by atoms with E-state index in [0.29, 0.717) is 12.1 Å². The molecule has 2 aromatic carbocycles. The van der Waals surface area contributed by atoms with E-state index in [-0.39, 0.29) is 46.4 Å². The molecule has 0 atom stereocenters. The Hall–Kier alpha value is -5.66. The van der Waals surface area contributed by atoms with Gasteiger partial charge in [-0.05, 0) is 48.5 Å². The van der Waals surface area contributed by atoms with Gasteiger partial charge in [0.1, 0.15) is 5.69 Å². The van der Waals surface area contributed by atoms with Gasteiger partial charge in [-0.1, -0.05) is 0 Å². The van der Waals surface area contributed by atoms with Crippen molar-refractivity contribution in [2.75, 3.05) is 36.7 Å². The van der Waals surface area contributed by atoms with E-state index in [0.717, 1.165) is 0 Å². The van der Waals surface area contributed by atoms with Crippen LogP contribution in [0.2, 0.25) is 0 Å². The maximum absolute atomic E-state index is 12.8. The largest absolute Gasteiger partial charge is 0.504 e. The summed E-state index contributed by atoms with van der Waals surface area (Å²) in [6.45, 7) is -0.204. The number of hydrogen-bond donors (Lipinski definition) is 6. The average molecular weight is 537 g/mol. The summed E-state index contributed by atoms with van der Waals surface area (Å²) < 4.78 is 10.2. The van der Waals surface area contributed by atoms with Crippen LogP contribution >= 0.6 is 0 Å². The molecule has 202 valence electrons. The molecule has 39 heavy (non-hydrogen) atoms. The van der Waals surface area contributed by atoms with Crippen molar-refractivity contribution in [1.82, 2.24) is 10.3 Å². The van der Waals surface area contributed by atoms with Crippen molar-refractivity contribution in [2.45, 2.75) is 0 Å². The molecule has 3 rings (SSSR count). The van der Waals surface area contributed by atoms with Crippen molar-refractivity contribution in [2.24, 2.45) is 0 Å². The molecule has 0 saturated carbocycles. The van der Waals surface area contributed by atoms with Gasteiger partial charge in [-0.3, -0.25) is 19.2 Å². The van der Waals surface area contributed by atoms with Crippen LogP contribution in [0.15, 0.2) is 48.5 Å². The number of carboxylic acids is 1. The summed E-state index contributed by atoms with van der Waals surface area (Å²) in [6.07, 6.45) is 0.397. The Morgan fingerprint density at radius 1 is 0.872 bits per heavy atom. The first-order chi connectivity index (χ1) is 18.7. The maximum atomic E-state index is 12.8. The van der Waals surface area contributed by atoms with Crippen LogP contribution in [0.5, 0.6) is 17.4 Å².